The number of rotatable bonds is 1. The predicted molar refractivity (Wildman–Crippen MR) is 59.0 cm³/mol. The SMILES string of the molecule is CC(C)(C)[C@]1(C)O[C@](O)(C(Cl)Cl)CC1=O. The zero-order chi connectivity index (χ0) is 12.1. The minimum atomic E-state index is -1.76. The minimum Gasteiger partial charge on any atom is -0.363 e. The van der Waals surface area contributed by atoms with E-state index >= 15 is 0 Å². The lowest BCUT2D eigenvalue weighted by atomic mass is 9.75. The molecule has 0 aromatic heterocycles. The monoisotopic (exact) mass is 254 g/mol. The fraction of sp³-hybridized carbons (Fsp3) is 0.900. The average Bonchev–Trinajstić information content (AvgIpc) is 2.23. The number of halogens is 2. The first-order valence-electron chi connectivity index (χ1n) is 4.77. The maximum Gasteiger partial charge on any atom is 0.204 e. The van der Waals surface area contributed by atoms with E-state index in [4.69, 9.17) is 27.9 Å². The Kier molecular flexibility index (Phi) is 3.17. The van der Waals surface area contributed by atoms with Crippen LogP contribution in [0.4, 0.5) is 0 Å². The number of Topliss-reactive ketones (excluding diaryl/α,β-unsaturated/α-hetero) is 1. The summed E-state index contributed by atoms with van der Waals surface area (Å²) in [7, 11) is 0. The van der Waals surface area contributed by atoms with Gasteiger partial charge in [0.25, 0.3) is 0 Å². The van der Waals surface area contributed by atoms with Crippen molar-refractivity contribution >= 4 is 29.0 Å². The Bertz CT molecular complexity index is 285. The molecule has 1 heterocycles. The van der Waals surface area contributed by atoms with Crippen LogP contribution < -0.4 is 0 Å². The third kappa shape index (κ3) is 2.03. The van der Waals surface area contributed by atoms with Crippen LogP contribution >= 0.6 is 23.2 Å². The Hall–Kier alpha value is 0.170. The Labute approximate surface area is 99.7 Å². The van der Waals surface area contributed by atoms with E-state index in [9.17, 15) is 9.90 Å². The molecule has 3 nitrogen and oxygen atoms in total. The first-order chi connectivity index (χ1) is 6.53. The van der Waals surface area contributed by atoms with Gasteiger partial charge in [0, 0.05) is 0 Å². The summed E-state index contributed by atoms with van der Waals surface area (Å²) in [4.78, 5) is 10.7. The summed E-state index contributed by atoms with van der Waals surface area (Å²) in [6.07, 6.45) is -0.168. The molecule has 1 N–H and O–H groups in total. The van der Waals surface area contributed by atoms with Crippen LogP contribution in [-0.2, 0) is 9.53 Å². The topological polar surface area (TPSA) is 46.5 Å². The third-order valence-corrected chi connectivity index (χ3v) is 3.78. The molecule has 1 aliphatic rings. The van der Waals surface area contributed by atoms with Crippen molar-refractivity contribution in [3.8, 4) is 0 Å². The Morgan fingerprint density at radius 1 is 1.47 bits per heavy atom. The van der Waals surface area contributed by atoms with Gasteiger partial charge in [-0.2, -0.15) is 0 Å². The number of hydrogen-bond donors (Lipinski definition) is 1. The van der Waals surface area contributed by atoms with Crippen LogP contribution in [0.5, 0.6) is 0 Å². The summed E-state index contributed by atoms with van der Waals surface area (Å²) in [5.74, 6) is -1.94. The van der Waals surface area contributed by atoms with Crippen molar-refractivity contribution in [2.24, 2.45) is 5.41 Å². The number of ether oxygens (including phenoxy) is 1. The van der Waals surface area contributed by atoms with Gasteiger partial charge in [0.2, 0.25) is 5.79 Å². The molecule has 1 fully saturated rings. The quantitative estimate of drug-likeness (QED) is 0.731. The lowest BCUT2D eigenvalue weighted by Gasteiger charge is -2.38. The highest BCUT2D eigenvalue weighted by Crippen LogP contribution is 2.47. The van der Waals surface area contributed by atoms with E-state index in [1.165, 1.54) is 0 Å². The van der Waals surface area contributed by atoms with Gasteiger partial charge in [0.15, 0.2) is 10.6 Å². The van der Waals surface area contributed by atoms with E-state index in [1.807, 2.05) is 20.8 Å². The summed E-state index contributed by atoms with van der Waals surface area (Å²) in [5.41, 5.74) is -1.47. The number of alkyl halides is 2. The number of carbonyl (C=O) groups is 1. The fourth-order valence-corrected chi connectivity index (χ4v) is 1.78. The van der Waals surface area contributed by atoms with Crippen LogP contribution in [-0.4, -0.2) is 27.1 Å². The first-order valence-corrected chi connectivity index (χ1v) is 5.64. The van der Waals surface area contributed by atoms with Gasteiger partial charge >= 0.3 is 0 Å². The summed E-state index contributed by atoms with van der Waals surface area (Å²) < 4.78 is 5.42. The molecule has 0 aromatic rings. The van der Waals surface area contributed by atoms with Gasteiger partial charge in [-0.15, -0.1) is 0 Å². The van der Waals surface area contributed by atoms with Crippen molar-refractivity contribution in [3.05, 3.63) is 0 Å². The molecule has 1 aliphatic heterocycles. The van der Waals surface area contributed by atoms with E-state index in [0.717, 1.165) is 0 Å². The Balaban J connectivity index is 3.05. The van der Waals surface area contributed by atoms with E-state index in [2.05, 4.69) is 0 Å². The smallest absolute Gasteiger partial charge is 0.204 e. The van der Waals surface area contributed by atoms with E-state index in [0.29, 0.717) is 0 Å². The molecule has 1 saturated heterocycles. The van der Waals surface area contributed by atoms with Crippen LogP contribution in [0.15, 0.2) is 0 Å². The second kappa shape index (κ2) is 3.59. The van der Waals surface area contributed by atoms with Crippen LogP contribution in [0.3, 0.4) is 0 Å². The standard InChI is InChI=1S/C10H16Cl2O3/c1-8(2,3)9(4)6(13)5-10(14,15-9)7(11)12/h7,14H,5H2,1-4H3/t9-,10+/m1/s1. The van der Waals surface area contributed by atoms with Gasteiger partial charge < -0.3 is 9.84 Å². The molecule has 0 spiro atoms. The molecule has 0 unspecified atom stereocenters. The van der Waals surface area contributed by atoms with E-state index in [1.54, 1.807) is 6.92 Å². The number of carbonyl (C=O) groups excluding carboxylic acids is 1. The molecule has 88 valence electrons. The Morgan fingerprint density at radius 2 is 1.93 bits per heavy atom. The maximum atomic E-state index is 11.9. The number of ketones is 1. The van der Waals surface area contributed by atoms with E-state index < -0.39 is 21.6 Å². The van der Waals surface area contributed by atoms with Crippen LogP contribution in [0.25, 0.3) is 0 Å². The number of aliphatic hydroxyl groups is 1. The lowest BCUT2D eigenvalue weighted by molar-refractivity contribution is -0.232. The van der Waals surface area contributed by atoms with Gasteiger partial charge in [-0.1, -0.05) is 44.0 Å². The van der Waals surface area contributed by atoms with Crippen molar-refractivity contribution in [2.75, 3.05) is 0 Å². The fourth-order valence-electron chi connectivity index (χ4n) is 1.54. The second-order valence-corrected chi connectivity index (χ2v) is 6.23. The van der Waals surface area contributed by atoms with Gasteiger partial charge in [-0.05, 0) is 12.3 Å². The van der Waals surface area contributed by atoms with Crippen molar-refractivity contribution in [2.45, 2.75) is 50.3 Å². The van der Waals surface area contributed by atoms with Crippen LogP contribution in [0.2, 0.25) is 0 Å². The highest BCUT2D eigenvalue weighted by Gasteiger charge is 2.59. The first kappa shape index (κ1) is 13.2. The van der Waals surface area contributed by atoms with Crippen LogP contribution in [0.1, 0.15) is 34.1 Å². The summed E-state index contributed by atoms with van der Waals surface area (Å²) in [6, 6.07) is 0. The highest BCUT2D eigenvalue weighted by molar-refractivity contribution is 6.45. The zero-order valence-electron chi connectivity index (χ0n) is 9.30. The molecular weight excluding hydrogens is 239 g/mol. The molecule has 15 heavy (non-hydrogen) atoms. The highest BCUT2D eigenvalue weighted by atomic mass is 35.5. The summed E-state index contributed by atoms with van der Waals surface area (Å²) in [5, 5.41) is 9.93. The van der Waals surface area contributed by atoms with E-state index in [-0.39, 0.29) is 12.2 Å². The second-order valence-electron chi connectivity index (χ2n) is 5.13. The predicted octanol–water partition coefficient (Wildman–Crippen LogP) is 2.27. The largest absolute Gasteiger partial charge is 0.363 e. The van der Waals surface area contributed by atoms with Gasteiger partial charge in [0.1, 0.15) is 5.60 Å². The molecule has 0 amide bonds. The molecule has 2 atom stereocenters. The van der Waals surface area contributed by atoms with Gasteiger partial charge in [0.05, 0.1) is 6.42 Å². The molecule has 0 aromatic carbocycles. The normalized spacial score (nSPS) is 37.7. The Morgan fingerprint density at radius 3 is 2.13 bits per heavy atom. The maximum absolute atomic E-state index is 11.9. The van der Waals surface area contributed by atoms with Crippen molar-refractivity contribution in [3.63, 3.8) is 0 Å². The molecule has 0 saturated carbocycles. The molecule has 0 radical (unpaired) electrons. The van der Waals surface area contributed by atoms with Crippen molar-refractivity contribution in [1.82, 2.24) is 0 Å². The van der Waals surface area contributed by atoms with Crippen LogP contribution in [0, 0.1) is 5.41 Å². The van der Waals surface area contributed by atoms with Crippen molar-refractivity contribution in [1.29, 1.82) is 0 Å². The molecule has 0 bridgehead atoms. The van der Waals surface area contributed by atoms with Gasteiger partial charge in [-0.3, -0.25) is 4.79 Å². The van der Waals surface area contributed by atoms with Gasteiger partial charge in [-0.25, -0.2) is 0 Å². The minimum absolute atomic E-state index is 0.168. The summed E-state index contributed by atoms with van der Waals surface area (Å²) in [6.45, 7) is 7.26. The third-order valence-electron chi connectivity index (χ3n) is 3.10. The zero-order valence-corrected chi connectivity index (χ0v) is 10.8. The molecule has 0 aliphatic carbocycles. The average molecular weight is 255 g/mol. The lowest BCUT2D eigenvalue weighted by Crippen LogP contribution is -2.48. The molecular formula is C10H16Cl2O3. The molecule has 5 heteroatoms. The summed E-state index contributed by atoms with van der Waals surface area (Å²) >= 11 is 11.2. The number of hydrogen-bond acceptors (Lipinski definition) is 3. The van der Waals surface area contributed by atoms with Crippen molar-refractivity contribution < 1.29 is 14.6 Å². The molecule has 1 rings (SSSR count).